The molecule has 4 aromatic rings. The lowest BCUT2D eigenvalue weighted by molar-refractivity contribution is 0.122. The lowest BCUT2D eigenvalue weighted by Gasteiger charge is -2.42. The summed E-state index contributed by atoms with van der Waals surface area (Å²) in [4.78, 5) is 15.8. The van der Waals surface area contributed by atoms with Crippen molar-refractivity contribution >= 4 is 10.9 Å². The summed E-state index contributed by atoms with van der Waals surface area (Å²) in [6.45, 7) is 2.17. The Morgan fingerprint density at radius 1 is 0.821 bits per heavy atom. The molecule has 0 radical (unpaired) electrons. The molecule has 1 aliphatic heterocycles. The van der Waals surface area contributed by atoms with E-state index in [2.05, 4.69) is 53.6 Å². The molecular weight excluding hydrogens is 346 g/mol. The summed E-state index contributed by atoms with van der Waals surface area (Å²) in [6, 6.07) is 28.3. The first-order valence-corrected chi connectivity index (χ1v) is 9.61. The topological polar surface area (TPSA) is 48.5 Å². The number of nitroso groups, excluding NO2 is 1. The van der Waals surface area contributed by atoms with Gasteiger partial charge in [0.15, 0.2) is 0 Å². The minimum absolute atomic E-state index is 0.0995. The van der Waals surface area contributed by atoms with Crippen LogP contribution in [0, 0.1) is 4.91 Å². The van der Waals surface area contributed by atoms with Crippen molar-refractivity contribution in [1.29, 1.82) is 0 Å². The van der Waals surface area contributed by atoms with Crippen LogP contribution in [0.4, 0.5) is 0 Å². The molecule has 4 heteroatoms. The molecule has 1 aliphatic rings. The number of aromatic amines is 1. The van der Waals surface area contributed by atoms with Crippen LogP contribution >= 0.6 is 0 Å². The average molecular weight is 367 g/mol. The molecule has 28 heavy (non-hydrogen) atoms. The van der Waals surface area contributed by atoms with E-state index in [0.29, 0.717) is 0 Å². The van der Waals surface area contributed by atoms with Gasteiger partial charge in [-0.25, -0.2) is 5.01 Å². The van der Waals surface area contributed by atoms with Crippen molar-refractivity contribution < 1.29 is 0 Å². The van der Waals surface area contributed by atoms with Crippen LogP contribution in [-0.4, -0.2) is 9.99 Å². The van der Waals surface area contributed by atoms with Crippen LogP contribution in [0.25, 0.3) is 10.9 Å². The van der Waals surface area contributed by atoms with Gasteiger partial charge in [-0.1, -0.05) is 85.8 Å². The number of para-hydroxylation sites is 1. The number of H-pyrrole nitrogens is 1. The lowest BCUT2D eigenvalue weighted by Crippen LogP contribution is -2.36. The first kappa shape index (κ1) is 16.8. The molecule has 4 nitrogen and oxygen atoms in total. The first-order valence-electron chi connectivity index (χ1n) is 9.61. The molecule has 5 rings (SSSR count). The molecule has 0 spiro atoms. The van der Waals surface area contributed by atoms with Gasteiger partial charge >= 0.3 is 0 Å². The number of rotatable bonds is 3. The Labute approximate surface area is 163 Å². The molecule has 0 unspecified atom stereocenters. The standard InChI is InChI=1S/C24H21N3O/c1-16-22-21(19-14-8-9-15-20(19)25-22)24(18-12-6-3-7-13-18)27(26-28)23(16)17-10-4-2-5-11-17/h2-16,23-25H,1H3/t16-,23-,24-/m0/s1. The zero-order valence-corrected chi connectivity index (χ0v) is 15.6. The van der Waals surface area contributed by atoms with Crippen molar-refractivity contribution in [3.63, 3.8) is 0 Å². The number of hydrogen-bond acceptors (Lipinski definition) is 2. The van der Waals surface area contributed by atoms with Gasteiger partial charge in [-0.3, -0.25) is 0 Å². The summed E-state index contributed by atoms with van der Waals surface area (Å²) >= 11 is 0. The Kier molecular flexibility index (Phi) is 3.97. The van der Waals surface area contributed by atoms with Crippen LogP contribution in [0.15, 0.2) is 90.2 Å². The third-order valence-electron chi connectivity index (χ3n) is 5.88. The second kappa shape index (κ2) is 6.64. The zero-order chi connectivity index (χ0) is 19.1. The second-order valence-corrected chi connectivity index (χ2v) is 7.42. The normalized spacial score (nSPS) is 21.5. The van der Waals surface area contributed by atoms with E-state index in [-0.39, 0.29) is 18.0 Å². The summed E-state index contributed by atoms with van der Waals surface area (Å²) in [5.41, 5.74) is 5.60. The Morgan fingerprint density at radius 3 is 2.11 bits per heavy atom. The van der Waals surface area contributed by atoms with Gasteiger partial charge in [-0.15, -0.1) is 4.91 Å². The molecule has 1 N–H and O–H groups in total. The van der Waals surface area contributed by atoms with Gasteiger partial charge in [0.1, 0.15) is 6.04 Å². The van der Waals surface area contributed by atoms with Crippen LogP contribution in [0.2, 0.25) is 0 Å². The van der Waals surface area contributed by atoms with E-state index in [1.54, 1.807) is 5.01 Å². The smallest absolute Gasteiger partial charge is 0.103 e. The van der Waals surface area contributed by atoms with Gasteiger partial charge in [0.05, 0.1) is 11.3 Å². The maximum absolute atomic E-state index is 12.2. The number of aromatic nitrogens is 1. The third-order valence-corrected chi connectivity index (χ3v) is 5.88. The van der Waals surface area contributed by atoms with Gasteiger partial charge in [-0.05, 0) is 17.2 Å². The molecule has 0 saturated carbocycles. The summed E-state index contributed by atoms with van der Waals surface area (Å²) in [7, 11) is 0. The van der Waals surface area contributed by atoms with Gasteiger partial charge < -0.3 is 4.98 Å². The van der Waals surface area contributed by atoms with E-state index in [4.69, 9.17) is 0 Å². The number of nitrogens with zero attached hydrogens (tertiary/aromatic N) is 2. The third kappa shape index (κ3) is 2.45. The van der Waals surface area contributed by atoms with Crippen molar-refractivity contribution in [2.24, 2.45) is 5.29 Å². The monoisotopic (exact) mass is 367 g/mol. The van der Waals surface area contributed by atoms with E-state index in [1.165, 1.54) is 5.69 Å². The highest BCUT2D eigenvalue weighted by atomic mass is 16.3. The minimum atomic E-state index is -0.230. The highest BCUT2D eigenvalue weighted by Crippen LogP contribution is 2.51. The summed E-state index contributed by atoms with van der Waals surface area (Å²) in [6.07, 6.45) is 0. The quantitative estimate of drug-likeness (QED) is 0.445. The van der Waals surface area contributed by atoms with Crippen LogP contribution in [-0.2, 0) is 0 Å². The van der Waals surface area contributed by atoms with Gasteiger partial charge in [0, 0.05) is 28.1 Å². The SMILES string of the molecule is C[C@H]1c2[nH]c3ccccc3c2[C@H](c2ccccc2)N(N=O)[C@@H]1c1ccccc1. The van der Waals surface area contributed by atoms with Gasteiger partial charge in [-0.2, -0.15) is 0 Å². The molecule has 0 amide bonds. The molecule has 1 aromatic heterocycles. The summed E-state index contributed by atoms with van der Waals surface area (Å²) in [5, 5.41) is 6.47. The number of benzene rings is 3. The van der Waals surface area contributed by atoms with E-state index >= 15 is 0 Å². The fourth-order valence-corrected chi connectivity index (χ4v) is 4.66. The van der Waals surface area contributed by atoms with E-state index in [1.807, 2.05) is 48.5 Å². The van der Waals surface area contributed by atoms with E-state index in [0.717, 1.165) is 27.6 Å². The molecule has 0 bridgehead atoms. The van der Waals surface area contributed by atoms with Crippen molar-refractivity contribution in [3.05, 3.63) is 112 Å². The fraction of sp³-hybridized carbons (Fsp3) is 0.167. The predicted molar refractivity (Wildman–Crippen MR) is 112 cm³/mol. The minimum Gasteiger partial charge on any atom is -0.358 e. The lowest BCUT2D eigenvalue weighted by atomic mass is 9.80. The highest BCUT2D eigenvalue weighted by Gasteiger charge is 2.43. The largest absolute Gasteiger partial charge is 0.358 e. The van der Waals surface area contributed by atoms with Gasteiger partial charge in [0.25, 0.3) is 0 Å². The van der Waals surface area contributed by atoms with Crippen LogP contribution < -0.4 is 0 Å². The highest BCUT2D eigenvalue weighted by molar-refractivity contribution is 5.86. The molecule has 2 heterocycles. The second-order valence-electron chi connectivity index (χ2n) is 7.42. The first-order chi connectivity index (χ1) is 13.8. The maximum atomic E-state index is 12.2. The Hall–Kier alpha value is -3.40. The molecule has 3 aromatic carbocycles. The maximum Gasteiger partial charge on any atom is 0.103 e. The van der Waals surface area contributed by atoms with Crippen LogP contribution in [0.3, 0.4) is 0 Å². The van der Waals surface area contributed by atoms with Crippen molar-refractivity contribution in [1.82, 2.24) is 9.99 Å². The van der Waals surface area contributed by atoms with Crippen molar-refractivity contribution in [2.75, 3.05) is 0 Å². The number of nitrogens with one attached hydrogen (secondary N) is 1. The molecule has 0 fully saturated rings. The molecule has 0 saturated heterocycles. The van der Waals surface area contributed by atoms with Crippen molar-refractivity contribution in [2.45, 2.75) is 24.9 Å². The Morgan fingerprint density at radius 2 is 1.43 bits per heavy atom. The van der Waals surface area contributed by atoms with Crippen LogP contribution in [0.5, 0.6) is 0 Å². The average Bonchev–Trinajstić information content (AvgIpc) is 3.14. The molecule has 3 atom stereocenters. The predicted octanol–water partition coefficient (Wildman–Crippen LogP) is 6.10. The van der Waals surface area contributed by atoms with Gasteiger partial charge in [0.2, 0.25) is 0 Å². The van der Waals surface area contributed by atoms with Crippen LogP contribution in [0.1, 0.15) is 47.3 Å². The Balaban J connectivity index is 1.81. The molecule has 138 valence electrons. The number of hydrogen-bond donors (Lipinski definition) is 1. The fourth-order valence-electron chi connectivity index (χ4n) is 4.66. The Bertz CT molecular complexity index is 1120. The van der Waals surface area contributed by atoms with Crippen molar-refractivity contribution in [3.8, 4) is 0 Å². The van der Waals surface area contributed by atoms with E-state index < -0.39 is 0 Å². The van der Waals surface area contributed by atoms with E-state index in [9.17, 15) is 4.91 Å². The zero-order valence-electron chi connectivity index (χ0n) is 15.6. The summed E-state index contributed by atoms with van der Waals surface area (Å²) < 4.78 is 0. The molecular formula is C24H21N3O. The summed E-state index contributed by atoms with van der Waals surface area (Å²) in [5.74, 6) is 0.0995. The molecule has 0 aliphatic carbocycles. The number of fused-ring (bicyclic) bond motifs is 3.